The molecule has 0 bridgehead atoms. The Morgan fingerprint density at radius 3 is 2.62 bits per heavy atom. The van der Waals surface area contributed by atoms with E-state index >= 15 is 0 Å². The highest BCUT2D eigenvalue weighted by Crippen LogP contribution is 2.24. The van der Waals surface area contributed by atoms with Gasteiger partial charge in [0.15, 0.2) is 5.82 Å². The molecule has 0 aliphatic carbocycles. The summed E-state index contributed by atoms with van der Waals surface area (Å²) in [6.07, 6.45) is 0. The quantitative estimate of drug-likeness (QED) is 0.870. The van der Waals surface area contributed by atoms with Crippen LogP contribution in [0.2, 0.25) is 0 Å². The number of nitrogens with zero attached hydrogens (tertiary/aromatic N) is 3. The van der Waals surface area contributed by atoms with Gasteiger partial charge in [0.2, 0.25) is 10.0 Å². The Kier molecular flexibility index (Phi) is 4.72. The Balaban J connectivity index is 1.73. The van der Waals surface area contributed by atoms with E-state index in [0.29, 0.717) is 42.6 Å². The normalized spacial score (nSPS) is 17.1. The maximum atomic E-state index is 12.6. The fourth-order valence-electron chi connectivity index (χ4n) is 2.35. The molecular formula is C14H18N4O4S2. The predicted octanol–water partition coefficient (Wildman–Crippen LogP) is 1.23. The smallest absolute Gasteiger partial charge is 0.267 e. The number of nitrogens with one attached hydrogen (secondary N) is 1. The Morgan fingerprint density at radius 2 is 2.00 bits per heavy atom. The second kappa shape index (κ2) is 6.63. The summed E-state index contributed by atoms with van der Waals surface area (Å²) in [6.45, 7) is 4.02. The lowest BCUT2D eigenvalue weighted by molar-refractivity contribution is 0.102. The van der Waals surface area contributed by atoms with Gasteiger partial charge in [-0.05, 0) is 20.0 Å². The molecule has 1 N–H and O–H groups in total. The monoisotopic (exact) mass is 370 g/mol. The Bertz CT molecular complexity index is 835. The number of aryl methyl sites for hydroxylation is 1. The third-order valence-electron chi connectivity index (χ3n) is 3.77. The molecular weight excluding hydrogens is 352 g/mol. The third kappa shape index (κ3) is 3.51. The lowest BCUT2D eigenvalue weighted by Gasteiger charge is -2.31. The topological polar surface area (TPSA) is 95.8 Å². The van der Waals surface area contributed by atoms with Gasteiger partial charge in [-0.15, -0.1) is 11.3 Å². The molecule has 3 heterocycles. The number of aromatic nitrogens is 1. The molecule has 0 atom stereocenters. The molecule has 0 unspecified atom stereocenters. The number of hydrogen-bond acceptors (Lipinski definition) is 7. The number of amides is 1. The average Bonchev–Trinajstić information content (AvgIpc) is 3.17. The van der Waals surface area contributed by atoms with Gasteiger partial charge in [0.25, 0.3) is 5.91 Å². The van der Waals surface area contributed by atoms with Crippen molar-refractivity contribution in [1.82, 2.24) is 14.4 Å². The molecule has 1 aliphatic heterocycles. The number of hydrogen-bond donors (Lipinski definition) is 1. The summed E-state index contributed by atoms with van der Waals surface area (Å²) in [5, 5.41) is 7.76. The van der Waals surface area contributed by atoms with Crippen molar-refractivity contribution in [2.24, 2.45) is 0 Å². The van der Waals surface area contributed by atoms with Crippen molar-refractivity contribution in [3.8, 4) is 0 Å². The first kappa shape index (κ1) is 17.1. The van der Waals surface area contributed by atoms with Crippen LogP contribution in [0.1, 0.15) is 15.4 Å². The number of sulfonamides is 1. The van der Waals surface area contributed by atoms with Gasteiger partial charge in [0.05, 0.1) is 9.77 Å². The van der Waals surface area contributed by atoms with Crippen molar-refractivity contribution in [1.29, 1.82) is 0 Å². The highest BCUT2D eigenvalue weighted by molar-refractivity contribution is 7.89. The molecule has 2 aromatic heterocycles. The molecule has 0 saturated carbocycles. The Labute approximate surface area is 144 Å². The molecule has 2 aromatic rings. The summed E-state index contributed by atoms with van der Waals surface area (Å²) >= 11 is 1.09. The van der Waals surface area contributed by atoms with Crippen LogP contribution in [0.5, 0.6) is 0 Å². The maximum absolute atomic E-state index is 12.6. The SMILES string of the molecule is Cc1cc(NC(=O)c2cc(S(=O)(=O)N3CCN(C)CC3)cs2)no1. The number of carbonyl (C=O) groups is 1. The zero-order valence-electron chi connectivity index (χ0n) is 13.4. The number of rotatable bonds is 4. The van der Waals surface area contributed by atoms with Crippen molar-refractivity contribution < 1.29 is 17.7 Å². The lowest BCUT2D eigenvalue weighted by Crippen LogP contribution is -2.46. The largest absolute Gasteiger partial charge is 0.360 e. The molecule has 1 fully saturated rings. The van der Waals surface area contributed by atoms with Gasteiger partial charge >= 0.3 is 0 Å². The maximum Gasteiger partial charge on any atom is 0.267 e. The van der Waals surface area contributed by atoms with E-state index in [1.807, 2.05) is 7.05 Å². The van der Waals surface area contributed by atoms with Crippen molar-refractivity contribution in [3.63, 3.8) is 0 Å². The van der Waals surface area contributed by atoms with Gasteiger partial charge in [0, 0.05) is 37.6 Å². The van der Waals surface area contributed by atoms with E-state index in [4.69, 9.17) is 4.52 Å². The summed E-state index contributed by atoms with van der Waals surface area (Å²) in [5.41, 5.74) is 0. The second-order valence-electron chi connectivity index (χ2n) is 5.63. The van der Waals surface area contributed by atoms with Gasteiger partial charge in [-0.3, -0.25) is 4.79 Å². The van der Waals surface area contributed by atoms with Crippen LogP contribution in [-0.4, -0.2) is 61.9 Å². The molecule has 0 spiro atoms. The first-order valence-electron chi connectivity index (χ1n) is 7.38. The molecule has 0 radical (unpaired) electrons. The first-order chi connectivity index (χ1) is 11.4. The van der Waals surface area contributed by atoms with E-state index in [2.05, 4.69) is 15.4 Å². The van der Waals surface area contributed by atoms with E-state index < -0.39 is 15.9 Å². The van der Waals surface area contributed by atoms with Crippen LogP contribution >= 0.6 is 11.3 Å². The number of likely N-dealkylation sites (N-methyl/N-ethyl adjacent to an activating group) is 1. The van der Waals surface area contributed by atoms with Crippen molar-refractivity contribution in [2.75, 3.05) is 38.5 Å². The minimum atomic E-state index is -3.56. The molecule has 1 saturated heterocycles. The van der Waals surface area contributed by atoms with Gasteiger partial charge in [-0.25, -0.2) is 8.42 Å². The molecule has 1 amide bonds. The fourth-order valence-corrected chi connectivity index (χ4v) is 4.93. The molecule has 0 aromatic carbocycles. The van der Waals surface area contributed by atoms with Gasteiger partial charge in [-0.2, -0.15) is 4.31 Å². The molecule has 10 heteroatoms. The third-order valence-corrected chi connectivity index (χ3v) is 6.72. The van der Waals surface area contributed by atoms with Crippen molar-refractivity contribution in [3.05, 3.63) is 28.2 Å². The van der Waals surface area contributed by atoms with Gasteiger partial charge < -0.3 is 14.7 Å². The summed E-state index contributed by atoms with van der Waals surface area (Å²) in [4.78, 5) is 14.7. The first-order valence-corrected chi connectivity index (χ1v) is 9.70. The summed E-state index contributed by atoms with van der Waals surface area (Å²) in [6, 6.07) is 2.99. The van der Waals surface area contributed by atoms with E-state index in [9.17, 15) is 13.2 Å². The zero-order chi connectivity index (χ0) is 17.3. The number of anilines is 1. The number of carbonyl (C=O) groups excluding carboxylic acids is 1. The molecule has 3 rings (SSSR count). The highest BCUT2D eigenvalue weighted by atomic mass is 32.2. The number of piperazine rings is 1. The van der Waals surface area contributed by atoms with Gasteiger partial charge in [-0.1, -0.05) is 5.16 Å². The van der Waals surface area contributed by atoms with Crippen molar-refractivity contribution in [2.45, 2.75) is 11.8 Å². The molecule has 24 heavy (non-hydrogen) atoms. The van der Waals surface area contributed by atoms with Crippen LogP contribution in [0, 0.1) is 6.92 Å². The van der Waals surface area contributed by atoms with Crippen LogP contribution in [0.4, 0.5) is 5.82 Å². The van der Waals surface area contributed by atoms with Gasteiger partial charge in [0.1, 0.15) is 5.76 Å². The van der Waals surface area contributed by atoms with E-state index in [0.717, 1.165) is 11.3 Å². The Morgan fingerprint density at radius 1 is 1.29 bits per heavy atom. The number of thiophene rings is 1. The minimum Gasteiger partial charge on any atom is -0.360 e. The fraction of sp³-hybridized carbons (Fsp3) is 0.429. The zero-order valence-corrected chi connectivity index (χ0v) is 15.0. The lowest BCUT2D eigenvalue weighted by atomic mass is 10.4. The highest BCUT2D eigenvalue weighted by Gasteiger charge is 2.29. The van der Waals surface area contributed by atoms with Crippen LogP contribution in [0.3, 0.4) is 0 Å². The van der Waals surface area contributed by atoms with Crippen LogP contribution < -0.4 is 5.32 Å². The average molecular weight is 370 g/mol. The molecule has 1 aliphatic rings. The van der Waals surface area contributed by atoms with Crippen LogP contribution in [0.25, 0.3) is 0 Å². The van der Waals surface area contributed by atoms with E-state index in [-0.39, 0.29) is 4.90 Å². The standard InChI is InChI=1S/C14H18N4O4S2/c1-10-7-13(16-22-10)15-14(19)12-8-11(9-23-12)24(20,21)18-5-3-17(2)4-6-18/h7-9H,3-6H2,1-2H3,(H,15,16,19). The summed E-state index contributed by atoms with van der Waals surface area (Å²) < 4.78 is 31.6. The molecule has 130 valence electrons. The predicted molar refractivity (Wildman–Crippen MR) is 89.8 cm³/mol. The van der Waals surface area contributed by atoms with E-state index in [1.54, 1.807) is 13.0 Å². The van der Waals surface area contributed by atoms with E-state index in [1.165, 1.54) is 15.8 Å². The van der Waals surface area contributed by atoms with Crippen LogP contribution in [0.15, 0.2) is 26.9 Å². The molecule has 8 nitrogen and oxygen atoms in total. The Hall–Kier alpha value is -1.75. The summed E-state index contributed by atoms with van der Waals surface area (Å²) in [7, 11) is -1.60. The second-order valence-corrected chi connectivity index (χ2v) is 8.48. The summed E-state index contributed by atoms with van der Waals surface area (Å²) in [5.74, 6) is 0.470. The van der Waals surface area contributed by atoms with Crippen molar-refractivity contribution >= 4 is 33.1 Å². The van der Waals surface area contributed by atoms with Crippen LogP contribution in [-0.2, 0) is 10.0 Å². The minimum absolute atomic E-state index is 0.151.